The molecule has 0 saturated heterocycles. The molecular weight excluding hydrogens is 332 g/mol. The van der Waals surface area contributed by atoms with Crippen LogP contribution < -0.4 is 10.6 Å². The Morgan fingerprint density at radius 1 is 1.19 bits per heavy atom. The van der Waals surface area contributed by atoms with Crippen molar-refractivity contribution in [1.29, 1.82) is 0 Å². The molecule has 1 aromatic heterocycles. The molecule has 0 saturated carbocycles. The molecule has 0 aliphatic heterocycles. The van der Waals surface area contributed by atoms with Crippen molar-refractivity contribution in [1.82, 2.24) is 15.3 Å². The quantitative estimate of drug-likeness (QED) is 0.622. The maximum absolute atomic E-state index is 11.6. The topological polar surface area (TPSA) is 66.9 Å². The first-order valence-corrected chi connectivity index (χ1v) is 7.25. The predicted octanol–water partition coefficient (Wildman–Crippen LogP) is 2.48. The van der Waals surface area contributed by atoms with Gasteiger partial charge in [0.05, 0.1) is 6.20 Å². The van der Waals surface area contributed by atoms with Gasteiger partial charge in [0.15, 0.2) is 0 Å². The summed E-state index contributed by atoms with van der Waals surface area (Å²) in [5, 5.41) is 5.85. The van der Waals surface area contributed by atoms with Gasteiger partial charge in [0.2, 0.25) is 5.91 Å². The minimum absolute atomic E-state index is 0.126. The second-order valence-electron chi connectivity index (χ2n) is 4.19. The minimum Gasteiger partial charge on any atom is -0.367 e. The van der Waals surface area contributed by atoms with Gasteiger partial charge in [-0.15, -0.1) is 0 Å². The van der Waals surface area contributed by atoms with Gasteiger partial charge in [-0.1, -0.05) is 28.1 Å². The summed E-state index contributed by atoms with van der Waals surface area (Å²) in [5.74, 6) is 0.566. The van der Waals surface area contributed by atoms with E-state index in [0.717, 1.165) is 10.0 Å². The van der Waals surface area contributed by atoms with Crippen LogP contribution in [0.15, 0.2) is 53.4 Å². The summed E-state index contributed by atoms with van der Waals surface area (Å²) in [4.78, 5) is 19.6. The van der Waals surface area contributed by atoms with Crippen molar-refractivity contribution in [3.05, 3.63) is 59.0 Å². The van der Waals surface area contributed by atoms with E-state index in [9.17, 15) is 4.79 Å². The second-order valence-corrected chi connectivity index (χ2v) is 5.11. The molecule has 0 aliphatic rings. The van der Waals surface area contributed by atoms with Gasteiger partial charge < -0.3 is 10.6 Å². The van der Waals surface area contributed by atoms with Crippen molar-refractivity contribution >= 4 is 33.7 Å². The molecule has 0 aliphatic carbocycles. The molecule has 0 fully saturated rings. The van der Waals surface area contributed by atoms with Crippen molar-refractivity contribution in [2.24, 2.45) is 0 Å². The van der Waals surface area contributed by atoms with E-state index in [1.807, 2.05) is 24.3 Å². The fraction of sp³-hybridized carbons (Fsp3) is 0.133. The summed E-state index contributed by atoms with van der Waals surface area (Å²) in [6.07, 6.45) is 8.15. The van der Waals surface area contributed by atoms with E-state index in [1.165, 1.54) is 6.08 Å². The van der Waals surface area contributed by atoms with Crippen LogP contribution in [0.3, 0.4) is 0 Å². The third kappa shape index (κ3) is 5.74. The largest absolute Gasteiger partial charge is 0.367 e. The van der Waals surface area contributed by atoms with Crippen LogP contribution >= 0.6 is 15.9 Å². The van der Waals surface area contributed by atoms with E-state index in [0.29, 0.717) is 18.9 Å². The smallest absolute Gasteiger partial charge is 0.244 e. The highest BCUT2D eigenvalue weighted by Gasteiger charge is 1.96. The molecule has 2 N–H and O–H groups in total. The molecule has 2 aromatic rings. The third-order valence-electron chi connectivity index (χ3n) is 2.59. The van der Waals surface area contributed by atoms with Gasteiger partial charge in [-0.25, -0.2) is 4.98 Å². The fourth-order valence-electron chi connectivity index (χ4n) is 1.57. The average molecular weight is 347 g/mol. The van der Waals surface area contributed by atoms with Crippen LogP contribution in [0.1, 0.15) is 5.56 Å². The molecule has 1 aromatic carbocycles. The van der Waals surface area contributed by atoms with Crippen LogP contribution in [-0.4, -0.2) is 29.0 Å². The Bertz CT molecular complexity index is 599. The van der Waals surface area contributed by atoms with Gasteiger partial charge in [-0.05, 0) is 23.8 Å². The number of carbonyl (C=O) groups excluding carboxylic acids is 1. The lowest BCUT2D eigenvalue weighted by Crippen LogP contribution is -2.27. The van der Waals surface area contributed by atoms with Crippen molar-refractivity contribution in [2.45, 2.75) is 0 Å². The summed E-state index contributed by atoms with van der Waals surface area (Å²) in [5.41, 5.74) is 0.978. The van der Waals surface area contributed by atoms with Crippen LogP contribution in [0.5, 0.6) is 0 Å². The lowest BCUT2D eigenvalue weighted by Gasteiger charge is -2.05. The van der Waals surface area contributed by atoms with E-state index < -0.39 is 0 Å². The van der Waals surface area contributed by atoms with Crippen LogP contribution in [-0.2, 0) is 4.79 Å². The standard InChI is InChI=1S/C15H15BrN4O/c16-13-4-1-12(2-5-13)3-6-15(21)20-10-9-19-14-11-17-7-8-18-14/h1-8,11H,9-10H2,(H,18,19)(H,20,21)/b6-3-. The zero-order valence-corrected chi connectivity index (χ0v) is 12.9. The molecule has 2 rings (SSSR count). The number of nitrogens with one attached hydrogen (secondary N) is 2. The Balaban J connectivity index is 1.69. The first kappa shape index (κ1) is 15.2. The molecule has 1 amide bonds. The molecular formula is C15H15BrN4O. The van der Waals surface area contributed by atoms with Gasteiger partial charge in [-0.2, -0.15) is 0 Å². The van der Waals surface area contributed by atoms with Crippen LogP contribution in [0.4, 0.5) is 5.82 Å². The Kier molecular flexibility index (Phi) is 5.90. The summed E-state index contributed by atoms with van der Waals surface area (Å²) in [6.45, 7) is 1.11. The number of anilines is 1. The molecule has 108 valence electrons. The molecule has 0 atom stereocenters. The van der Waals surface area contributed by atoms with Crippen LogP contribution in [0, 0.1) is 0 Å². The number of halogens is 1. The first-order valence-electron chi connectivity index (χ1n) is 6.45. The normalized spacial score (nSPS) is 10.5. The van der Waals surface area contributed by atoms with E-state index in [4.69, 9.17) is 0 Å². The molecule has 21 heavy (non-hydrogen) atoms. The van der Waals surface area contributed by atoms with Gasteiger partial charge in [-0.3, -0.25) is 9.78 Å². The van der Waals surface area contributed by atoms with Crippen molar-refractivity contribution in [3.63, 3.8) is 0 Å². The molecule has 5 nitrogen and oxygen atoms in total. The van der Waals surface area contributed by atoms with Gasteiger partial charge in [0.25, 0.3) is 0 Å². The average Bonchev–Trinajstić information content (AvgIpc) is 2.52. The third-order valence-corrected chi connectivity index (χ3v) is 3.12. The maximum Gasteiger partial charge on any atom is 0.244 e. The number of carbonyl (C=O) groups is 1. The number of aromatic nitrogens is 2. The summed E-state index contributed by atoms with van der Waals surface area (Å²) < 4.78 is 1.01. The maximum atomic E-state index is 11.6. The Hall–Kier alpha value is -2.21. The molecule has 0 unspecified atom stereocenters. The summed E-state index contributed by atoms with van der Waals surface area (Å²) in [7, 11) is 0. The molecule has 0 bridgehead atoms. The first-order chi connectivity index (χ1) is 10.2. The minimum atomic E-state index is -0.126. The number of hydrogen-bond acceptors (Lipinski definition) is 4. The number of amides is 1. The number of rotatable bonds is 6. The number of nitrogens with zero attached hydrogens (tertiary/aromatic N) is 2. The Morgan fingerprint density at radius 3 is 2.71 bits per heavy atom. The predicted molar refractivity (Wildman–Crippen MR) is 86.7 cm³/mol. The van der Waals surface area contributed by atoms with Crippen LogP contribution in [0.2, 0.25) is 0 Å². The monoisotopic (exact) mass is 346 g/mol. The lowest BCUT2D eigenvalue weighted by molar-refractivity contribution is -0.116. The SMILES string of the molecule is O=C(/C=C\c1ccc(Br)cc1)NCCNc1cnccn1. The Labute approximate surface area is 131 Å². The highest BCUT2D eigenvalue weighted by molar-refractivity contribution is 9.10. The summed E-state index contributed by atoms with van der Waals surface area (Å²) >= 11 is 3.37. The second kappa shape index (κ2) is 8.16. The molecule has 0 radical (unpaired) electrons. The number of benzene rings is 1. The molecule has 0 spiro atoms. The van der Waals surface area contributed by atoms with Crippen LogP contribution in [0.25, 0.3) is 6.08 Å². The Morgan fingerprint density at radius 2 is 2.00 bits per heavy atom. The molecule has 1 heterocycles. The van der Waals surface area contributed by atoms with E-state index in [-0.39, 0.29) is 5.91 Å². The fourth-order valence-corrected chi connectivity index (χ4v) is 1.84. The highest BCUT2D eigenvalue weighted by Crippen LogP contribution is 2.11. The van der Waals surface area contributed by atoms with E-state index >= 15 is 0 Å². The number of hydrogen-bond donors (Lipinski definition) is 2. The van der Waals surface area contributed by atoms with Crippen molar-refractivity contribution < 1.29 is 4.79 Å². The highest BCUT2D eigenvalue weighted by atomic mass is 79.9. The van der Waals surface area contributed by atoms with Gasteiger partial charge >= 0.3 is 0 Å². The van der Waals surface area contributed by atoms with Crippen molar-refractivity contribution in [2.75, 3.05) is 18.4 Å². The van der Waals surface area contributed by atoms with E-state index in [2.05, 4.69) is 36.5 Å². The van der Waals surface area contributed by atoms with Crippen molar-refractivity contribution in [3.8, 4) is 0 Å². The van der Waals surface area contributed by atoms with Gasteiger partial charge in [0, 0.05) is 36.0 Å². The molecule has 6 heteroatoms. The zero-order valence-electron chi connectivity index (χ0n) is 11.3. The zero-order chi connectivity index (χ0) is 14.9. The van der Waals surface area contributed by atoms with Gasteiger partial charge in [0.1, 0.15) is 5.82 Å². The summed E-state index contributed by atoms with van der Waals surface area (Å²) in [6, 6.07) is 7.73. The van der Waals surface area contributed by atoms with E-state index in [1.54, 1.807) is 24.7 Å². The lowest BCUT2D eigenvalue weighted by atomic mass is 10.2.